The zero-order valence-corrected chi connectivity index (χ0v) is 18.2. The molecule has 1 amide bonds. The van der Waals surface area contributed by atoms with E-state index in [2.05, 4.69) is 19.1 Å². The van der Waals surface area contributed by atoms with Crippen LogP contribution in [0.1, 0.15) is 44.6 Å². The molecule has 0 bridgehead atoms. The molecule has 1 fully saturated rings. The first-order chi connectivity index (χ1) is 14.2. The largest absolute Gasteiger partial charge is 0.312 e. The molecule has 29 heavy (non-hydrogen) atoms. The van der Waals surface area contributed by atoms with Gasteiger partial charge in [0.2, 0.25) is 5.91 Å². The van der Waals surface area contributed by atoms with Crippen molar-refractivity contribution in [2.45, 2.75) is 56.5 Å². The first-order valence-electron chi connectivity index (χ1n) is 10.2. The Balaban J connectivity index is 1.52. The minimum atomic E-state index is 0.0755. The fraction of sp³-hybridized carbons (Fsp3) is 0.409. The quantitative estimate of drug-likeness (QED) is 0.286. The number of benzene rings is 1. The summed E-state index contributed by atoms with van der Waals surface area (Å²) in [5.41, 5.74) is 2.99. The molecule has 0 spiro atoms. The Kier molecular flexibility index (Phi) is 6.35. The number of unbranched alkanes of at least 4 members (excludes halogenated alkanes) is 2. The van der Waals surface area contributed by atoms with Gasteiger partial charge in [-0.25, -0.2) is 4.98 Å². The van der Waals surface area contributed by atoms with E-state index in [1.54, 1.807) is 11.8 Å². The summed E-state index contributed by atoms with van der Waals surface area (Å²) in [5.74, 6) is 0.945. The van der Waals surface area contributed by atoms with Gasteiger partial charge in [0.15, 0.2) is 5.16 Å². The monoisotopic (exact) mass is 427 g/mol. The smallest absolute Gasteiger partial charge is 0.272 e. The standard InChI is InChI=1S/C22H25N3O2S2/c1-2-3-4-12-25-21(27)20-18(11-14-28-20)23-22(25)29-15-16-7-9-17(10-8-16)24-13-5-6-19(24)26/h7-11,14H,2-6,12-13,15H2,1H3. The number of hydrogen-bond donors (Lipinski definition) is 0. The Morgan fingerprint density at radius 1 is 1.14 bits per heavy atom. The number of rotatable bonds is 8. The van der Waals surface area contributed by atoms with Crippen LogP contribution in [-0.2, 0) is 17.1 Å². The van der Waals surface area contributed by atoms with Crippen LogP contribution in [0.3, 0.4) is 0 Å². The van der Waals surface area contributed by atoms with Crippen LogP contribution in [0.5, 0.6) is 0 Å². The Morgan fingerprint density at radius 3 is 2.69 bits per heavy atom. The highest BCUT2D eigenvalue weighted by Crippen LogP contribution is 2.26. The summed E-state index contributed by atoms with van der Waals surface area (Å²) < 4.78 is 2.58. The van der Waals surface area contributed by atoms with Crippen LogP contribution >= 0.6 is 23.1 Å². The molecule has 0 saturated carbocycles. The van der Waals surface area contributed by atoms with Crippen molar-refractivity contribution in [1.29, 1.82) is 0 Å². The number of nitrogens with zero attached hydrogens (tertiary/aromatic N) is 3. The average molecular weight is 428 g/mol. The molecule has 2 aromatic heterocycles. The summed E-state index contributed by atoms with van der Waals surface area (Å²) in [6, 6.07) is 10.1. The predicted molar refractivity (Wildman–Crippen MR) is 121 cm³/mol. The van der Waals surface area contributed by atoms with Gasteiger partial charge < -0.3 is 4.90 Å². The molecule has 0 atom stereocenters. The number of carbonyl (C=O) groups excluding carboxylic acids is 1. The molecule has 152 valence electrons. The second-order valence-electron chi connectivity index (χ2n) is 7.30. The molecule has 1 aliphatic rings. The lowest BCUT2D eigenvalue weighted by atomic mass is 10.2. The fourth-order valence-electron chi connectivity index (χ4n) is 3.59. The first kappa shape index (κ1) is 20.2. The maximum absolute atomic E-state index is 12.9. The third-order valence-corrected chi connectivity index (χ3v) is 7.14. The molecule has 4 rings (SSSR count). The van der Waals surface area contributed by atoms with Gasteiger partial charge in [-0.15, -0.1) is 11.3 Å². The van der Waals surface area contributed by atoms with E-state index in [1.807, 2.05) is 33.0 Å². The van der Waals surface area contributed by atoms with Crippen molar-refractivity contribution in [1.82, 2.24) is 9.55 Å². The fourth-order valence-corrected chi connectivity index (χ4v) is 5.35. The molecule has 0 aliphatic carbocycles. The number of anilines is 1. The molecule has 3 aromatic rings. The summed E-state index contributed by atoms with van der Waals surface area (Å²) >= 11 is 3.07. The Labute approximate surface area is 178 Å². The number of amides is 1. The van der Waals surface area contributed by atoms with Gasteiger partial charge in [0.1, 0.15) is 4.70 Å². The lowest BCUT2D eigenvalue weighted by Crippen LogP contribution is -2.23. The molecular formula is C22H25N3O2S2. The summed E-state index contributed by atoms with van der Waals surface area (Å²) in [4.78, 5) is 31.5. The van der Waals surface area contributed by atoms with Gasteiger partial charge in [0.25, 0.3) is 5.56 Å². The lowest BCUT2D eigenvalue weighted by molar-refractivity contribution is -0.117. The van der Waals surface area contributed by atoms with Gasteiger partial charge in [0.05, 0.1) is 5.52 Å². The van der Waals surface area contributed by atoms with E-state index in [-0.39, 0.29) is 11.5 Å². The van der Waals surface area contributed by atoms with E-state index in [1.165, 1.54) is 11.3 Å². The number of hydrogen-bond acceptors (Lipinski definition) is 5. The minimum absolute atomic E-state index is 0.0755. The van der Waals surface area contributed by atoms with Crippen molar-refractivity contribution in [3.8, 4) is 0 Å². The molecule has 5 nitrogen and oxygen atoms in total. The van der Waals surface area contributed by atoms with Gasteiger partial charge in [-0.3, -0.25) is 14.2 Å². The van der Waals surface area contributed by atoms with Crippen molar-refractivity contribution in [3.05, 3.63) is 51.6 Å². The topological polar surface area (TPSA) is 55.2 Å². The molecule has 1 aliphatic heterocycles. The number of fused-ring (bicyclic) bond motifs is 1. The van der Waals surface area contributed by atoms with Gasteiger partial charge in [-0.2, -0.15) is 0 Å². The number of carbonyl (C=O) groups is 1. The SMILES string of the molecule is CCCCCn1c(SCc2ccc(N3CCCC3=O)cc2)nc2ccsc2c1=O. The number of thioether (sulfide) groups is 1. The Morgan fingerprint density at radius 2 is 1.97 bits per heavy atom. The predicted octanol–water partition coefficient (Wildman–Crippen LogP) is 5.07. The minimum Gasteiger partial charge on any atom is -0.312 e. The van der Waals surface area contributed by atoms with Crippen molar-refractivity contribution in [2.75, 3.05) is 11.4 Å². The lowest BCUT2D eigenvalue weighted by Gasteiger charge is -2.16. The number of thiophene rings is 1. The molecule has 0 radical (unpaired) electrons. The summed E-state index contributed by atoms with van der Waals surface area (Å²) in [6.07, 6.45) is 4.79. The summed E-state index contributed by atoms with van der Waals surface area (Å²) in [6.45, 7) is 3.69. The van der Waals surface area contributed by atoms with Crippen molar-refractivity contribution >= 4 is 44.9 Å². The maximum Gasteiger partial charge on any atom is 0.272 e. The van der Waals surface area contributed by atoms with E-state index in [4.69, 9.17) is 4.98 Å². The summed E-state index contributed by atoms with van der Waals surface area (Å²) in [7, 11) is 0. The van der Waals surface area contributed by atoms with E-state index in [9.17, 15) is 9.59 Å². The zero-order chi connectivity index (χ0) is 20.2. The van der Waals surface area contributed by atoms with Crippen LogP contribution in [0.15, 0.2) is 45.7 Å². The van der Waals surface area contributed by atoms with E-state index >= 15 is 0 Å². The van der Waals surface area contributed by atoms with Crippen molar-refractivity contribution in [3.63, 3.8) is 0 Å². The van der Waals surface area contributed by atoms with Crippen LogP contribution in [0.2, 0.25) is 0 Å². The third-order valence-electron chi connectivity index (χ3n) is 5.21. The van der Waals surface area contributed by atoms with Crippen molar-refractivity contribution in [2.24, 2.45) is 0 Å². The van der Waals surface area contributed by atoms with Crippen molar-refractivity contribution < 1.29 is 4.79 Å². The molecule has 1 saturated heterocycles. The van der Waals surface area contributed by atoms with Crippen LogP contribution in [0.25, 0.3) is 10.2 Å². The van der Waals surface area contributed by atoms with E-state index in [0.717, 1.165) is 64.6 Å². The highest BCUT2D eigenvalue weighted by molar-refractivity contribution is 7.98. The zero-order valence-electron chi connectivity index (χ0n) is 16.6. The van der Waals surface area contributed by atoms with Gasteiger partial charge >= 0.3 is 0 Å². The Bertz CT molecular complexity index is 1060. The molecule has 0 N–H and O–H groups in total. The van der Waals surface area contributed by atoms with E-state index in [0.29, 0.717) is 13.0 Å². The third kappa shape index (κ3) is 4.41. The normalized spacial score (nSPS) is 14.2. The molecule has 0 unspecified atom stereocenters. The van der Waals surface area contributed by atoms with Gasteiger partial charge in [0, 0.05) is 31.0 Å². The second kappa shape index (κ2) is 9.13. The van der Waals surface area contributed by atoms with Crippen LogP contribution in [0, 0.1) is 0 Å². The maximum atomic E-state index is 12.9. The van der Waals surface area contributed by atoms with Crippen LogP contribution in [-0.4, -0.2) is 22.0 Å². The average Bonchev–Trinajstić information content (AvgIpc) is 3.38. The molecule has 3 heterocycles. The summed E-state index contributed by atoms with van der Waals surface area (Å²) in [5, 5.41) is 2.72. The first-order valence-corrected chi connectivity index (χ1v) is 12.0. The molecular weight excluding hydrogens is 402 g/mol. The number of aromatic nitrogens is 2. The molecule has 1 aromatic carbocycles. The highest BCUT2D eigenvalue weighted by Gasteiger charge is 2.21. The van der Waals surface area contributed by atoms with E-state index < -0.39 is 0 Å². The Hall–Kier alpha value is -2.12. The molecule has 7 heteroatoms. The van der Waals surface area contributed by atoms with Crippen LogP contribution < -0.4 is 10.5 Å². The second-order valence-corrected chi connectivity index (χ2v) is 9.16. The van der Waals surface area contributed by atoms with Gasteiger partial charge in [-0.1, -0.05) is 43.7 Å². The van der Waals surface area contributed by atoms with Gasteiger partial charge in [-0.05, 0) is 42.0 Å². The van der Waals surface area contributed by atoms with Crippen LogP contribution in [0.4, 0.5) is 5.69 Å². The highest BCUT2D eigenvalue weighted by atomic mass is 32.2.